The number of carboxylic acids is 1. The average molecular weight is 441 g/mol. The Morgan fingerprint density at radius 1 is 1.27 bits per heavy atom. The highest BCUT2D eigenvalue weighted by atomic mass is 32.2. The highest BCUT2D eigenvalue weighted by molar-refractivity contribution is 7.89. The molecule has 1 aliphatic rings. The van der Waals surface area contributed by atoms with Crippen LogP contribution in [0.2, 0.25) is 0 Å². The van der Waals surface area contributed by atoms with Gasteiger partial charge in [-0.15, -0.1) is 0 Å². The number of benzene rings is 1. The van der Waals surface area contributed by atoms with Crippen molar-refractivity contribution in [3.05, 3.63) is 47.7 Å². The Hall–Kier alpha value is -2.39. The van der Waals surface area contributed by atoms with Gasteiger partial charge in [-0.3, -0.25) is 0 Å². The molecule has 0 aliphatic carbocycles. The van der Waals surface area contributed by atoms with Gasteiger partial charge in [0.2, 0.25) is 10.0 Å². The maximum Gasteiger partial charge on any atom is 0.347 e. The SMILES string of the molecule is C/C=C(\C=C/CF)N1CCN(S(=O)(=O)c2ccc(OC(C)(C)C(=O)O)c(C)c2)CC1. The fourth-order valence-corrected chi connectivity index (χ4v) is 4.61. The van der Waals surface area contributed by atoms with E-state index in [1.807, 2.05) is 17.9 Å². The summed E-state index contributed by atoms with van der Waals surface area (Å²) in [5.74, 6) is -0.790. The molecule has 1 aromatic rings. The number of hydrogen-bond donors (Lipinski definition) is 1. The van der Waals surface area contributed by atoms with Crippen LogP contribution >= 0.6 is 0 Å². The molecule has 1 aliphatic heterocycles. The molecule has 1 aromatic carbocycles. The second kappa shape index (κ2) is 9.61. The van der Waals surface area contributed by atoms with Crippen molar-refractivity contribution in [1.82, 2.24) is 9.21 Å². The summed E-state index contributed by atoms with van der Waals surface area (Å²) < 4.78 is 45.5. The van der Waals surface area contributed by atoms with Gasteiger partial charge in [0.05, 0.1) is 4.90 Å². The topological polar surface area (TPSA) is 87.2 Å². The zero-order valence-electron chi connectivity index (χ0n) is 17.8. The lowest BCUT2D eigenvalue weighted by Crippen LogP contribution is -2.47. The van der Waals surface area contributed by atoms with Gasteiger partial charge in [0, 0.05) is 31.9 Å². The summed E-state index contributed by atoms with van der Waals surface area (Å²) >= 11 is 0. The van der Waals surface area contributed by atoms with Gasteiger partial charge in [-0.1, -0.05) is 12.2 Å². The molecule has 1 heterocycles. The molecule has 9 heteroatoms. The maximum absolute atomic E-state index is 13.1. The molecule has 0 bridgehead atoms. The van der Waals surface area contributed by atoms with Gasteiger partial charge in [-0.05, 0) is 57.5 Å². The summed E-state index contributed by atoms with van der Waals surface area (Å²) in [5.41, 5.74) is -0.0255. The molecule has 0 amide bonds. The number of nitrogens with zero attached hydrogens (tertiary/aromatic N) is 2. The highest BCUT2D eigenvalue weighted by Crippen LogP contribution is 2.28. The van der Waals surface area contributed by atoms with Crippen LogP contribution in [-0.4, -0.2) is 67.2 Å². The zero-order valence-corrected chi connectivity index (χ0v) is 18.6. The third-order valence-electron chi connectivity index (χ3n) is 4.94. The number of allylic oxidation sites excluding steroid dienone is 3. The molecular formula is C21H29FN2O5S. The van der Waals surface area contributed by atoms with Crippen LogP contribution < -0.4 is 4.74 Å². The van der Waals surface area contributed by atoms with Crippen molar-refractivity contribution >= 4 is 16.0 Å². The summed E-state index contributed by atoms with van der Waals surface area (Å²) in [6.45, 7) is 7.48. The highest BCUT2D eigenvalue weighted by Gasteiger charge is 2.32. The molecular weight excluding hydrogens is 411 g/mol. The zero-order chi connectivity index (χ0) is 22.5. The number of carbonyl (C=O) groups is 1. The van der Waals surface area contributed by atoms with Gasteiger partial charge in [-0.2, -0.15) is 4.31 Å². The molecule has 7 nitrogen and oxygen atoms in total. The third kappa shape index (κ3) is 5.40. The number of carboxylic acid groups (broad SMARTS) is 1. The van der Waals surface area contributed by atoms with Gasteiger partial charge in [0.15, 0.2) is 5.60 Å². The number of alkyl halides is 1. The predicted octanol–water partition coefficient (Wildman–Crippen LogP) is 2.97. The molecule has 2 rings (SSSR count). The van der Waals surface area contributed by atoms with Crippen LogP contribution in [0.4, 0.5) is 4.39 Å². The van der Waals surface area contributed by atoms with Gasteiger partial charge < -0.3 is 14.7 Å². The summed E-state index contributed by atoms with van der Waals surface area (Å²) in [7, 11) is -3.70. The lowest BCUT2D eigenvalue weighted by Gasteiger charge is -2.36. The van der Waals surface area contributed by atoms with Crippen molar-refractivity contribution < 1.29 is 27.4 Å². The number of ether oxygens (including phenoxy) is 1. The Balaban J connectivity index is 2.14. The number of halogens is 1. The smallest absolute Gasteiger partial charge is 0.347 e. The molecule has 1 fully saturated rings. The molecule has 1 N–H and O–H groups in total. The molecule has 1 saturated heterocycles. The summed E-state index contributed by atoms with van der Waals surface area (Å²) in [6.07, 6.45) is 5.00. The van der Waals surface area contributed by atoms with E-state index in [1.165, 1.54) is 42.4 Å². The fourth-order valence-electron chi connectivity index (χ4n) is 3.10. The summed E-state index contributed by atoms with van der Waals surface area (Å²) in [6, 6.07) is 4.42. The van der Waals surface area contributed by atoms with Crippen LogP contribution in [0.5, 0.6) is 5.75 Å². The minimum atomic E-state index is -3.70. The van der Waals surface area contributed by atoms with Crippen LogP contribution in [0, 0.1) is 6.92 Å². The molecule has 30 heavy (non-hydrogen) atoms. The summed E-state index contributed by atoms with van der Waals surface area (Å²) in [4.78, 5) is 13.4. The number of sulfonamides is 1. The minimum Gasteiger partial charge on any atom is -0.478 e. The number of aryl methyl sites for hydroxylation is 1. The molecule has 0 atom stereocenters. The maximum atomic E-state index is 13.1. The first-order valence-electron chi connectivity index (χ1n) is 9.70. The Labute approximate surface area is 177 Å². The number of piperazine rings is 1. The lowest BCUT2D eigenvalue weighted by molar-refractivity contribution is -0.152. The number of hydrogen-bond acceptors (Lipinski definition) is 5. The monoisotopic (exact) mass is 440 g/mol. The Bertz CT molecular complexity index is 933. The number of aliphatic carboxylic acids is 1. The predicted molar refractivity (Wildman–Crippen MR) is 113 cm³/mol. The van der Waals surface area contributed by atoms with Gasteiger partial charge in [0.1, 0.15) is 12.4 Å². The standard InChI is InChI=1S/C21H29FN2O5S/c1-5-17(7-6-10-22)23-11-13-24(14-12-23)30(27,28)18-8-9-19(16(2)15-18)29-21(3,4)20(25)26/h5-9,15H,10-14H2,1-4H3,(H,25,26)/b7-6-,17-5+. The molecule has 0 aromatic heterocycles. The lowest BCUT2D eigenvalue weighted by atomic mass is 10.1. The Kier molecular flexibility index (Phi) is 7.65. The molecule has 166 valence electrons. The van der Waals surface area contributed by atoms with Crippen molar-refractivity contribution in [2.24, 2.45) is 0 Å². The van der Waals surface area contributed by atoms with Crippen molar-refractivity contribution in [2.45, 2.75) is 38.2 Å². The van der Waals surface area contributed by atoms with Crippen LogP contribution in [-0.2, 0) is 14.8 Å². The first-order chi connectivity index (χ1) is 14.0. The van der Waals surface area contributed by atoms with Crippen LogP contribution in [0.3, 0.4) is 0 Å². The third-order valence-corrected chi connectivity index (χ3v) is 6.84. The van der Waals surface area contributed by atoms with Gasteiger partial charge in [0.25, 0.3) is 0 Å². The second-order valence-electron chi connectivity index (χ2n) is 7.51. The van der Waals surface area contributed by atoms with E-state index in [-0.39, 0.29) is 4.90 Å². The van der Waals surface area contributed by atoms with Crippen LogP contribution in [0.15, 0.2) is 47.0 Å². The Morgan fingerprint density at radius 2 is 1.90 bits per heavy atom. The van der Waals surface area contributed by atoms with Crippen LogP contribution in [0.1, 0.15) is 26.3 Å². The van der Waals surface area contributed by atoms with E-state index >= 15 is 0 Å². The first-order valence-corrected chi connectivity index (χ1v) is 11.1. The normalized spacial score (nSPS) is 16.8. The fraction of sp³-hybridized carbons (Fsp3) is 0.476. The van der Waals surface area contributed by atoms with E-state index in [9.17, 15) is 22.7 Å². The van der Waals surface area contributed by atoms with E-state index in [4.69, 9.17) is 4.74 Å². The number of rotatable bonds is 8. The quantitative estimate of drug-likeness (QED) is 0.626. The van der Waals surface area contributed by atoms with Crippen molar-refractivity contribution in [3.63, 3.8) is 0 Å². The van der Waals surface area contributed by atoms with E-state index in [0.29, 0.717) is 37.5 Å². The van der Waals surface area contributed by atoms with Gasteiger partial charge >= 0.3 is 5.97 Å². The Morgan fingerprint density at radius 3 is 2.40 bits per heavy atom. The van der Waals surface area contributed by atoms with Gasteiger partial charge in [-0.25, -0.2) is 17.6 Å². The molecule has 0 unspecified atom stereocenters. The average Bonchev–Trinajstić information content (AvgIpc) is 2.70. The molecule has 0 saturated carbocycles. The second-order valence-corrected chi connectivity index (χ2v) is 9.44. The summed E-state index contributed by atoms with van der Waals surface area (Å²) in [5, 5.41) is 9.22. The van der Waals surface area contributed by atoms with E-state index in [1.54, 1.807) is 13.0 Å². The largest absolute Gasteiger partial charge is 0.478 e. The first kappa shape index (κ1) is 23.9. The molecule has 0 spiro atoms. The van der Waals surface area contributed by atoms with Crippen molar-refractivity contribution in [3.8, 4) is 5.75 Å². The molecule has 0 radical (unpaired) electrons. The van der Waals surface area contributed by atoms with E-state index in [0.717, 1.165) is 5.70 Å². The van der Waals surface area contributed by atoms with E-state index < -0.39 is 28.3 Å². The van der Waals surface area contributed by atoms with E-state index in [2.05, 4.69) is 0 Å². The van der Waals surface area contributed by atoms with Crippen LogP contribution in [0.25, 0.3) is 0 Å². The van der Waals surface area contributed by atoms with Crippen molar-refractivity contribution in [2.75, 3.05) is 32.9 Å². The minimum absolute atomic E-state index is 0.137. The van der Waals surface area contributed by atoms with Crippen molar-refractivity contribution in [1.29, 1.82) is 0 Å².